The van der Waals surface area contributed by atoms with E-state index < -0.39 is 17.1 Å². The van der Waals surface area contributed by atoms with Crippen LogP contribution in [0, 0.1) is 34.5 Å². The Hall–Kier alpha value is -0.480. The van der Waals surface area contributed by atoms with E-state index in [0.717, 1.165) is 49.9 Å². The van der Waals surface area contributed by atoms with Crippen LogP contribution in [0.3, 0.4) is 0 Å². The molecule has 0 aromatic carbocycles. The maximum absolute atomic E-state index is 13.5. The van der Waals surface area contributed by atoms with E-state index in [1.807, 2.05) is 6.92 Å². The average molecular weight is 465 g/mol. The first-order chi connectivity index (χ1) is 15.4. The summed E-state index contributed by atoms with van der Waals surface area (Å²) in [6.07, 6.45) is 14.9. The van der Waals surface area contributed by atoms with Crippen LogP contribution in [0.2, 0.25) is 0 Å². The molecule has 0 bridgehead atoms. The highest BCUT2D eigenvalue weighted by atomic mass is 19.3. The molecular weight excluding hydrogens is 418 g/mol. The van der Waals surface area contributed by atoms with E-state index in [1.54, 1.807) is 0 Å². The summed E-state index contributed by atoms with van der Waals surface area (Å²) in [7, 11) is 0. The van der Waals surface area contributed by atoms with Gasteiger partial charge < -0.3 is 10.2 Å². The molecule has 4 fully saturated rings. The van der Waals surface area contributed by atoms with Crippen molar-refractivity contribution in [2.45, 2.75) is 134 Å². The first kappa shape index (κ1) is 24.2. The molecule has 0 aromatic rings. The number of rotatable bonds is 4. The topological polar surface area (TPSA) is 40.5 Å². The van der Waals surface area contributed by atoms with Crippen molar-refractivity contribution in [3.05, 3.63) is 11.6 Å². The Morgan fingerprint density at radius 3 is 2.33 bits per heavy atom. The minimum atomic E-state index is -2.57. The molecule has 4 saturated carbocycles. The molecule has 4 heteroatoms. The second kappa shape index (κ2) is 8.02. The number of alkyl halides is 2. The molecule has 7 atom stereocenters. The maximum Gasteiger partial charge on any atom is 0.248 e. The SMILES string of the molecule is CC12CC[C@](C)(O)CC1=CCC1C2CCC2(C)C(CCCC3(O)CCC(F)(F)CC3)CCC12. The molecule has 2 nitrogen and oxygen atoms in total. The Morgan fingerprint density at radius 2 is 1.61 bits per heavy atom. The van der Waals surface area contributed by atoms with Gasteiger partial charge >= 0.3 is 0 Å². The van der Waals surface area contributed by atoms with Crippen LogP contribution < -0.4 is 0 Å². The summed E-state index contributed by atoms with van der Waals surface area (Å²) < 4.78 is 27.1. The van der Waals surface area contributed by atoms with Crippen LogP contribution in [-0.2, 0) is 0 Å². The first-order valence-electron chi connectivity index (χ1n) is 13.9. The lowest BCUT2D eigenvalue weighted by Gasteiger charge is -2.59. The van der Waals surface area contributed by atoms with Crippen LogP contribution >= 0.6 is 0 Å². The molecular formula is C29H46F2O2. The standard InChI is InChI=1S/C29H46F2O2/c1-25(32)13-14-27(3)21(19-25)6-8-22-23-9-7-20(26(23,2)12-10-24(22)27)5-4-11-28(33)15-17-29(30,31)18-16-28/h6,20,22-24,32-33H,4-5,7-19H2,1-3H3/t20?,22?,23?,24?,25-,26?,27?/m0/s1. The Morgan fingerprint density at radius 1 is 0.879 bits per heavy atom. The van der Waals surface area contributed by atoms with Crippen molar-refractivity contribution < 1.29 is 19.0 Å². The summed E-state index contributed by atoms with van der Waals surface area (Å²) in [6, 6.07) is 0. The molecule has 33 heavy (non-hydrogen) atoms. The normalized spacial score (nSPS) is 48.4. The molecule has 0 aromatic heterocycles. The fraction of sp³-hybridized carbons (Fsp3) is 0.931. The Bertz CT molecular complexity index is 778. The molecule has 0 radical (unpaired) electrons. The summed E-state index contributed by atoms with van der Waals surface area (Å²) in [5.41, 5.74) is 0.810. The highest BCUT2D eigenvalue weighted by molar-refractivity contribution is 5.26. The van der Waals surface area contributed by atoms with Crippen molar-refractivity contribution in [1.29, 1.82) is 0 Å². The fourth-order valence-corrected chi connectivity index (χ4v) is 9.40. The zero-order valence-corrected chi connectivity index (χ0v) is 21.1. The van der Waals surface area contributed by atoms with Crippen LogP contribution in [0.4, 0.5) is 8.78 Å². The molecule has 5 aliphatic rings. The lowest BCUT2D eigenvalue weighted by Crippen LogP contribution is -2.51. The monoisotopic (exact) mass is 464 g/mol. The molecule has 0 aliphatic heterocycles. The molecule has 5 rings (SSSR count). The number of aliphatic hydroxyl groups is 2. The van der Waals surface area contributed by atoms with Gasteiger partial charge in [0.1, 0.15) is 0 Å². The number of fused-ring (bicyclic) bond motifs is 5. The van der Waals surface area contributed by atoms with Gasteiger partial charge in [-0.1, -0.05) is 31.9 Å². The van der Waals surface area contributed by atoms with E-state index in [0.29, 0.717) is 17.8 Å². The van der Waals surface area contributed by atoms with Gasteiger partial charge in [0.15, 0.2) is 0 Å². The third-order valence-corrected chi connectivity index (χ3v) is 11.7. The second-order valence-electron chi connectivity index (χ2n) is 13.7. The Labute approximate surface area is 199 Å². The summed E-state index contributed by atoms with van der Waals surface area (Å²) in [5.74, 6) is 0.457. The van der Waals surface area contributed by atoms with Gasteiger partial charge in [0.25, 0.3) is 0 Å². The number of halogens is 2. The molecule has 0 amide bonds. The van der Waals surface area contributed by atoms with Gasteiger partial charge in [-0.3, -0.25) is 0 Å². The third-order valence-electron chi connectivity index (χ3n) is 11.7. The maximum atomic E-state index is 13.5. The molecule has 188 valence electrons. The first-order valence-corrected chi connectivity index (χ1v) is 13.9. The Balaban J connectivity index is 1.22. The summed E-state index contributed by atoms with van der Waals surface area (Å²) >= 11 is 0. The molecule has 6 unspecified atom stereocenters. The molecule has 5 aliphatic carbocycles. The minimum absolute atomic E-state index is 0.153. The summed E-state index contributed by atoms with van der Waals surface area (Å²) in [4.78, 5) is 0. The van der Waals surface area contributed by atoms with Gasteiger partial charge in [-0.05, 0) is 118 Å². The number of hydrogen-bond acceptors (Lipinski definition) is 2. The van der Waals surface area contributed by atoms with Crippen molar-refractivity contribution in [2.24, 2.45) is 34.5 Å². The van der Waals surface area contributed by atoms with Crippen LogP contribution in [0.1, 0.15) is 117 Å². The minimum Gasteiger partial charge on any atom is -0.390 e. The zero-order valence-electron chi connectivity index (χ0n) is 21.1. The van der Waals surface area contributed by atoms with Gasteiger partial charge in [-0.15, -0.1) is 0 Å². The average Bonchev–Trinajstić information content (AvgIpc) is 3.08. The summed E-state index contributed by atoms with van der Waals surface area (Å²) in [6.45, 7) is 7.05. The van der Waals surface area contributed by atoms with Crippen LogP contribution in [0.5, 0.6) is 0 Å². The van der Waals surface area contributed by atoms with Gasteiger partial charge in [-0.2, -0.15) is 0 Å². The van der Waals surface area contributed by atoms with Crippen LogP contribution in [-0.4, -0.2) is 27.3 Å². The quantitative estimate of drug-likeness (QED) is 0.425. The number of allylic oxidation sites excluding steroid dienone is 1. The van der Waals surface area contributed by atoms with E-state index in [-0.39, 0.29) is 31.1 Å². The van der Waals surface area contributed by atoms with E-state index >= 15 is 0 Å². The van der Waals surface area contributed by atoms with Crippen molar-refractivity contribution >= 4 is 0 Å². The third kappa shape index (κ3) is 4.24. The highest BCUT2D eigenvalue weighted by Crippen LogP contribution is 2.67. The van der Waals surface area contributed by atoms with Gasteiger partial charge in [0.2, 0.25) is 5.92 Å². The molecule has 0 heterocycles. The van der Waals surface area contributed by atoms with E-state index in [1.165, 1.54) is 37.7 Å². The van der Waals surface area contributed by atoms with Crippen molar-refractivity contribution in [3.8, 4) is 0 Å². The van der Waals surface area contributed by atoms with Gasteiger partial charge in [-0.25, -0.2) is 8.78 Å². The predicted molar refractivity (Wildman–Crippen MR) is 128 cm³/mol. The Kier molecular flexibility index (Phi) is 5.88. The molecule has 0 spiro atoms. The smallest absolute Gasteiger partial charge is 0.248 e. The highest BCUT2D eigenvalue weighted by Gasteiger charge is 2.59. The lowest BCUT2D eigenvalue weighted by molar-refractivity contribution is -0.107. The molecule has 2 N–H and O–H groups in total. The second-order valence-corrected chi connectivity index (χ2v) is 13.7. The lowest BCUT2D eigenvalue weighted by atomic mass is 9.46. The van der Waals surface area contributed by atoms with E-state index in [4.69, 9.17) is 0 Å². The van der Waals surface area contributed by atoms with Gasteiger partial charge in [0, 0.05) is 12.8 Å². The van der Waals surface area contributed by atoms with E-state index in [9.17, 15) is 19.0 Å². The fourth-order valence-electron chi connectivity index (χ4n) is 9.40. The van der Waals surface area contributed by atoms with Crippen LogP contribution in [0.15, 0.2) is 11.6 Å². The van der Waals surface area contributed by atoms with Crippen molar-refractivity contribution in [3.63, 3.8) is 0 Å². The van der Waals surface area contributed by atoms with E-state index in [2.05, 4.69) is 19.9 Å². The zero-order chi connectivity index (χ0) is 23.7. The largest absolute Gasteiger partial charge is 0.390 e. The van der Waals surface area contributed by atoms with Gasteiger partial charge in [0.05, 0.1) is 11.2 Å². The van der Waals surface area contributed by atoms with Crippen molar-refractivity contribution in [2.75, 3.05) is 0 Å². The number of hydrogen-bond donors (Lipinski definition) is 2. The molecule has 0 saturated heterocycles. The summed E-state index contributed by atoms with van der Waals surface area (Å²) in [5, 5.41) is 21.5. The van der Waals surface area contributed by atoms with Crippen molar-refractivity contribution in [1.82, 2.24) is 0 Å². The predicted octanol–water partition coefficient (Wildman–Crippen LogP) is 7.43. The van der Waals surface area contributed by atoms with Crippen LogP contribution in [0.25, 0.3) is 0 Å².